The molecule has 100 valence electrons. The number of Topliss-reactive ketones (excluding diaryl/α,β-unsaturated/α-hetero) is 2. The summed E-state index contributed by atoms with van der Waals surface area (Å²) >= 11 is 0. The Morgan fingerprint density at radius 1 is 0.950 bits per heavy atom. The van der Waals surface area contributed by atoms with Gasteiger partial charge in [-0.05, 0) is 17.5 Å². The zero-order valence-corrected chi connectivity index (χ0v) is 10.2. The van der Waals surface area contributed by atoms with Gasteiger partial charge in [-0.2, -0.15) is 0 Å². The molecule has 6 heteroatoms. The average Bonchev–Trinajstić information content (AvgIpc) is 2.42. The van der Waals surface area contributed by atoms with Gasteiger partial charge in [-0.1, -0.05) is 12.1 Å². The maximum Gasteiger partial charge on any atom is 0.234 e. The van der Waals surface area contributed by atoms with E-state index in [4.69, 9.17) is 11.5 Å². The van der Waals surface area contributed by atoms with Gasteiger partial charge in [0.1, 0.15) is 0 Å². The van der Waals surface area contributed by atoms with E-state index < -0.39 is 23.1 Å². The Hall–Kier alpha value is -3.02. The zero-order chi connectivity index (χ0) is 14.6. The molecule has 0 heterocycles. The van der Waals surface area contributed by atoms with Crippen LogP contribution in [0.2, 0.25) is 0 Å². The second kappa shape index (κ2) is 3.74. The maximum atomic E-state index is 12.0. The normalized spacial score (nSPS) is 14.8. The lowest BCUT2D eigenvalue weighted by Crippen LogP contribution is -2.23. The van der Waals surface area contributed by atoms with Crippen molar-refractivity contribution in [1.29, 1.82) is 0 Å². The lowest BCUT2D eigenvalue weighted by molar-refractivity contribution is 0.0882. The van der Waals surface area contributed by atoms with Crippen LogP contribution >= 0.6 is 0 Å². The minimum Gasteiger partial charge on any atom is -0.501 e. The van der Waals surface area contributed by atoms with Crippen LogP contribution in [0.25, 0.3) is 10.8 Å². The molecule has 20 heavy (non-hydrogen) atoms. The summed E-state index contributed by atoms with van der Waals surface area (Å²) in [6.07, 6.45) is 0. The van der Waals surface area contributed by atoms with Crippen LogP contribution in [-0.2, 0) is 0 Å². The second-order valence-corrected chi connectivity index (χ2v) is 4.51. The predicted octanol–water partition coefficient (Wildman–Crippen LogP) is 1.71. The van der Waals surface area contributed by atoms with Crippen LogP contribution in [0, 0.1) is 0 Å². The van der Waals surface area contributed by atoms with Crippen molar-refractivity contribution < 1.29 is 19.8 Å². The first-order chi connectivity index (χ1) is 9.43. The number of hydrogen-bond acceptors (Lipinski definition) is 6. The summed E-state index contributed by atoms with van der Waals surface area (Å²) < 4.78 is 0. The molecule has 0 amide bonds. The Labute approximate surface area is 112 Å². The minimum atomic E-state index is -0.997. The van der Waals surface area contributed by atoms with Gasteiger partial charge >= 0.3 is 0 Å². The third-order valence-corrected chi connectivity index (χ3v) is 3.36. The van der Waals surface area contributed by atoms with Crippen molar-refractivity contribution in [2.75, 3.05) is 11.5 Å². The summed E-state index contributed by atoms with van der Waals surface area (Å²) in [7, 11) is 0. The van der Waals surface area contributed by atoms with Crippen molar-refractivity contribution in [3.05, 3.63) is 46.9 Å². The van der Waals surface area contributed by atoms with E-state index in [-0.39, 0.29) is 16.8 Å². The van der Waals surface area contributed by atoms with Gasteiger partial charge in [0.25, 0.3) is 0 Å². The predicted molar refractivity (Wildman–Crippen MR) is 73.7 cm³/mol. The van der Waals surface area contributed by atoms with E-state index in [9.17, 15) is 19.8 Å². The molecular formula is C14H10N2O4. The Morgan fingerprint density at radius 3 is 2.30 bits per heavy atom. The van der Waals surface area contributed by atoms with Gasteiger partial charge in [0.2, 0.25) is 23.1 Å². The largest absolute Gasteiger partial charge is 0.501 e. The number of hydrogen-bond donors (Lipinski definition) is 4. The number of allylic oxidation sites excluding steroid dienone is 2. The smallest absolute Gasteiger partial charge is 0.234 e. The number of ketones is 2. The van der Waals surface area contributed by atoms with E-state index in [1.807, 2.05) is 0 Å². The van der Waals surface area contributed by atoms with Crippen molar-refractivity contribution in [3.8, 4) is 0 Å². The number of benzene rings is 2. The van der Waals surface area contributed by atoms with Gasteiger partial charge in [0, 0.05) is 16.6 Å². The number of aliphatic hydroxyl groups excluding tert-OH is 2. The van der Waals surface area contributed by atoms with Gasteiger partial charge < -0.3 is 21.7 Å². The molecule has 0 saturated carbocycles. The molecule has 0 bridgehead atoms. The lowest BCUT2D eigenvalue weighted by atomic mass is 9.87. The highest BCUT2D eigenvalue weighted by atomic mass is 16.3. The van der Waals surface area contributed by atoms with Crippen LogP contribution in [0.1, 0.15) is 20.7 Å². The molecule has 3 rings (SSSR count). The van der Waals surface area contributed by atoms with E-state index in [0.717, 1.165) is 0 Å². The molecule has 0 aliphatic heterocycles. The van der Waals surface area contributed by atoms with E-state index in [1.165, 1.54) is 6.07 Å². The van der Waals surface area contributed by atoms with Gasteiger partial charge in [-0.25, -0.2) is 0 Å². The van der Waals surface area contributed by atoms with Crippen LogP contribution in [0.5, 0.6) is 0 Å². The van der Waals surface area contributed by atoms with Crippen molar-refractivity contribution in [2.45, 2.75) is 0 Å². The minimum absolute atomic E-state index is 0.0213. The molecule has 0 unspecified atom stereocenters. The van der Waals surface area contributed by atoms with Crippen molar-refractivity contribution in [2.24, 2.45) is 0 Å². The molecule has 2 aromatic rings. The molecule has 6 nitrogen and oxygen atoms in total. The molecule has 0 spiro atoms. The molecule has 0 fully saturated rings. The Kier molecular flexibility index (Phi) is 2.25. The second-order valence-electron chi connectivity index (χ2n) is 4.51. The van der Waals surface area contributed by atoms with Crippen LogP contribution in [-0.4, -0.2) is 21.8 Å². The molecule has 0 saturated heterocycles. The first-order valence-electron chi connectivity index (χ1n) is 5.75. The summed E-state index contributed by atoms with van der Waals surface area (Å²) in [6.45, 7) is 0. The zero-order valence-electron chi connectivity index (χ0n) is 10.2. The highest BCUT2D eigenvalue weighted by molar-refractivity contribution is 6.30. The fraction of sp³-hybridized carbons (Fsp3) is 0. The summed E-state index contributed by atoms with van der Waals surface area (Å²) in [5.41, 5.74) is 12.0. The SMILES string of the molecule is Nc1cccc2cc3c(c(N)c12)C(=O)C(O)=C(O)C3=O. The van der Waals surface area contributed by atoms with Gasteiger partial charge in [-0.15, -0.1) is 0 Å². The lowest BCUT2D eigenvalue weighted by Gasteiger charge is -2.18. The molecule has 0 radical (unpaired) electrons. The molecule has 0 aromatic heterocycles. The molecule has 2 aromatic carbocycles. The van der Waals surface area contributed by atoms with E-state index in [2.05, 4.69) is 0 Å². The number of fused-ring (bicyclic) bond motifs is 2. The number of rotatable bonds is 0. The fourth-order valence-electron chi connectivity index (χ4n) is 2.40. The van der Waals surface area contributed by atoms with Gasteiger partial charge in [-0.3, -0.25) is 9.59 Å². The van der Waals surface area contributed by atoms with Crippen LogP contribution in [0.3, 0.4) is 0 Å². The van der Waals surface area contributed by atoms with Crippen molar-refractivity contribution >= 4 is 33.7 Å². The van der Waals surface area contributed by atoms with Gasteiger partial charge in [0.15, 0.2) is 0 Å². The molecule has 0 atom stereocenters. The fourth-order valence-corrected chi connectivity index (χ4v) is 2.40. The van der Waals surface area contributed by atoms with Crippen molar-refractivity contribution in [3.63, 3.8) is 0 Å². The first kappa shape index (κ1) is 12.0. The highest BCUT2D eigenvalue weighted by Crippen LogP contribution is 2.36. The summed E-state index contributed by atoms with van der Waals surface area (Å²) in [5, 5.41) is 20.0. The molecule has 1 aliphatic carbocycles. The number of anilines is 2. The number of nitrogen functional groups attached to an aromatic ring is 2. The number of carbonyl (C=O) groups is 2. The Balaban J connectivity index is 2.49. The van der Waals surface area contributed by atoms with Crippen molar-refractivity contribution in [1.82, 2.24) is 0 Å². The summed E-state index contributed by atoms with van der Waals surface area (Å²) in [4.78, 5) is 24.0. The molecule has 1 aliphatic rings. The topological polar surface area (TPSA) is 127 Å². The third kappa shape index (κ3) is 1.33. The third-order valence-electron chi connectivity index (χ3n) is 3.36. The van der Waals surface area contributed by atoms with Crippen LogP contribution < -0.4 is 11.5 Å². The molecular weight excluding hydrogens is 260 g/mol. The standard InChI is InChI=1S/C14H10N2O4/c15-7-3-1-2-5-4-6-9(10(16)8(5)7)12(18)14(20)13(19)11(6)17/h1-4,19-20H,15-16H2. The quantitative estimate of drug-likeness (QED) is 0.540. The highest BCUT2D eigenvalue weighted by Gasteiger charge is 2.35. The monoisotopic (exact) mass is 270 g/mol. The first-order valence-corrected chi connectivity index (χ1v) is 5.75. The van der Waals surface area contributed by atoms with Crippen LogP contribution in [0.4, 0.5) is 11.4 Å². The maximum absolute atomic E-state index is 12.0. The molecule has 6 N–H and O–H groups in total. The Bertz CT molecular complexity index is 837. The van der Waals surface area contributed by atoms with E-state index in [0.29, 0.717) is 16.5 Å². The average molecular weight is 270 g/mol. The van der Waals surface area contributed by atoms with Gasteiger partial charge in [0.05, 0.1) is 11.3 Å². The van der Waals surface area contributed by atoms with E-state index >= 15 is 0 Å². The number of nitrogens with two attached hydrogens (primary N) is 2. The number of carbonyl (C=O) groups excluding carboxylic acids is 2. The van der Waals surface area contributed by atoms with E-state index in [1.54, 1.807) is 18.2 Å². The summed E-state index contributed by atoms with van der Waals surface area (Å²) in [6, 6.07) is 6.43. The number of aliphatic hydroxyl groups is 2. The van der Waals surface area contributed by atoms with Crippen LogP contribution in [0.15, 0.2) is 35.8 Å². The Morgan fingerprint density at radius 2 is 1.60 bits per heavy atom. The summed E-state index contributed by atoms with van der Waals surface area (Å²) in [5.74, 6) is -3.69.